The molecule has 7 heteroatoms. The second-order valence-electron chi connectivity index (χ2n) is 6.42. The third kappa shape index (κ3) is 3.63. The van der Waals surface area contributed by atoms with Gasteiger partial charge < -0.3 is 14.6 Å². The van der Waals surface area contributed by atoms with E-state index >= 15 is 0 Å². The molecule has 1 fully saturated rings. The van der Waals surface area contributed by atoms with Gasteiger partial charge in [0, 0.05) is 24.0 Å². The van der Waals surface area contributed by atoms with Crippen molar-refractivity contribution in [3.8, 4) is 11.5 Å². The highest BCUT2D eigenvalue weighted by Gasteiger charge is 2.36. The zero-order chi connectivity index (χ0) is 16.4. The zero-order valence-corrected chi connectivity index (χ0v) is 14.5. The molecular formula is C16H22N4O2S. The molecule has 2 aromatic rings. The number of rotatable bonds is 5. The van der Waals surface area contributed by atoms with E-state index in [0.717, 1.165) is 25.2 Å². The number of nitrogens with zero attached hydrogens (tertiary/aromatic N) is 3. The lowest BCUT2D eigenvalue weighted by atomic mass is 10.0. The van der Waals surface area contributed by atoms with Crippen LogP contribution in [-0.2, 0) is 4.79 Å². The molecule has 0 bridgehead atoms. The molecule has 23 heavy (non-hydrogen) atoms. The molecule has 6 nitrogen and oxygen atoms in total. The Hall–Kier alpha value is -1.70. The van der Waals surface area contributed by atoms with Crippen molar-refractivity contribution >= 4 is 22.4 Å². The van der Waals surface area contributed by atoms with Crippen LogP contribution in [0.15, 0.2) is 28.2 Å². The van der Waals surface area contributed by atoms with E-state index in [1.165, 1.54) is 11.3 Å². The van der Waals surface area contributed by atoms with Gasteiger partial charge in [-0.25, -0.2) is 4.98 Å². The maximum atomic E-state index is 12.2. The predicted molar refractivity (Wildman–Crippen MR) is 91.6 cm³/mol. The molecule has 1 amide bonds. The molecule has 0 saturated carbocycles. The largest absolute Gasteiger partial charge is 0.463 e. The number of furan rings is 1. The van der Waals surface area contributed by atoms with Gasteiger partial charge in [-0.1, -0.05) is 0 Å². The van der Waals surface area contributed by atoms with Crippen molar-refractivity contribution in [1.82, 2.24) is 14.8 Å². The Morgan fingerprint density at radius 2 is 2.39 bits per heavy atom. The fourth-order valence-electron chi connectivity index (χ4n) is 2.77. The minimum absolute atomic E-state index is 0.0200. The van der Waals surface area contributed by atoms with Crippen molar-refractivity contribution in [2.75, 3.05) is 39.0 Å². The van der Waals surface area contributed by atoms with Crippen LogP contribution in [0, 0.1) is 0 Å². The Morgan fingerprint density at radius 3 is 3.04 bits per heavy atom. The van der Waals surface area contributed by atoms with Crippen molar-refractivity contribution < 1.29 is 9.21 Å². The van der Waals surface area contributed by atoms with Crippen LogP contribution < -0.4 is 5.32 Å². The number of hydrogen-bond donors (Lipinski definition) is 1. The van der Waals surface area contributed by atoms with Crippen LogP contribution in [0.1, 0.15) is 13.3 Å². The Kier molecular flexibility index (Phi) is 4.52. The van der Waals surface area contributed by atoms with Crippen LogP contribution in [-0.4, -0.2) is 60.0 Å². The summed E-state index contributed by atoms with van der Waals surface area (Å²) in [5.74, 6) is 0.691. The van der Waals surface area contributed by atoms with Crippen molar-refractivity contribution in [3.05, 3.63) is 23.8 Å². The van der Waals surface area contributed by atoms with Gasteiger partial charge in [-0.3, -0.25) is 9.69 Å². The third-order valence-corrected chi connectivity index (χ3v) is 5.26. The van der Waals surface area contributed by atoms with Crippen LogP contribution >= 0.6 is 11.3 Å². The van der Waals surface area contributed by atoms with Gasteiger partial charge in [0.2, 0.25) is 5.91 Å². The van der Waals surface area contributed by atoms with Crippen LogP contribution in [0.3, 0.4) is 0 Å². The summed E-state index contributed by atoms with van der Waals surface area (Å²) in [7, 11) is 4.19. The summed E-state index contributed by atoms with van der Waals surface area (Å²) in [6, 6.07) is 3.68. The van der Waals surface area contributed by atoms with E-state index in [4.69, 9.17) is 4.42 Å². The summed E-state index contributed by atoms with van der Waals surface area (Å²) >= 11 is 1.41. The van der Waals surface area contributed by atoms with E-state index in [1.54, 1.807) is 6.26 Å². The minimum atomic E-state index is -0.0200. The number of carbonyl (C=O) groups is 1. The molecule has 1 N–H and O–H groups in total. The fourth-order valence-corrected chi connectivity index (χ4v) is 3.49. The zero-order valence-electron chi connectivity index (χ0n) is 13.7. The monoisotopic (exact) mass is 334 g/mol. The van der Waals surface area contributed by atoms with Gasteiger partial charge in [0.15, 0.2) is 10.9 Å². The number of aromatic nitrogens is 1. The van der Waals surface area contributed by atoms with Crippen molar-refractivity contribution in [1.29, 1.82) is 0 Å². The lowest BCUT2D eigenvalue weighted by Crippen LogP contribution is -2.44. The van der Waals surface area contributed by atoms with E-state index in [-0.39, 0.29) is 11.4 Å². The van der Waals surface area contributed by atoms with Crippen molar-refractivity contribution in [2.24, 2.45) is 0 Å². The summed E-state index contributed by atoms with van der Waals surface area (Å²) < 4.78 is 5.31. The van der Waals surface area contributed by atoms with Gasteiger partial charge in [-0.2, -0.15) is 0 Å². The third-order valence-electron chi connectivity index (χ3n) is 4.50. The average Bonchev–Trinajstić information content (AvgIpc) is 3.19. The maximum absolute atomic E-state index is 12.2. The molecule has 0 aliphatic carbocycles. The number of anilines is 1. The first-order valence-electron chi connectivity index (χ1n) is 7.65. The molecule has 124 valence electrons. The molecule has 1 aliphatic rings. The van der Waals surface area contributed by atoms with Crippen molar-refractivity contribution in [3.63, 3.8) is 0 Å². The van der Waals surface area contributed by atoms with Gasteiger partial charge in [0.05, 0.1) is 12.8 Å². The fraction of sp³-hybridized carbons (Fsp3) is 0.500. The number of nitrogens with one attached hydrogen (secondary N) is 1. The van der Waals surface area contributed by atoms with E-state index in [0.29, 0.717) is 17.4 Å². The summed E-state index contributed by atoms with van der Waals surface area (Å²) in [6.45, 7) is 4.49. The van der Waals surface area contributed by atoms with Gasteiger partial charge in [0.25, 0.3) is 0 Å². The predicted octanol–water partition coefficient (Wildman–Crippen LogP) is 2.37. The Morgan fingerprint density at radius 1 is 1.57 bits per heavy atom. The number of likely N-dealkylation sites (N-methyl/N-ethyl adjacent to an activating group) is 1. The molecule has 2 aromatic heterocycles. The van der Waals surface area contributed by atoms with E-state index in [1.807, 2.05) is 17.5 Å². The topological polar surface area (TPSA) is 61.6 Å². The summed E-state index contributed by atoms with van der Waals surface area (Å²) in [5.41, 5.74) is 0.894. The molecule has 0 aromatic carbocycles. The van der Waals surface area contributed by atoms with Gasteiger partial charge in [0.1, 0.15) is 5.69 Å². The van der Waals surface area contributed by atoms with E-state index in [2.05, 4.69) is 41.1 Å². The van der Waals surface area contributed by atoms with Gasteiger partial charge in [-0.15, -0.1) is 11.3 Å². The summed E-state index contributed by atoms with van der Waals surface area (Å²) in [4.78, 5) is 21.0. The second kappa shape index (κ2) is 6.43. The molecule has 0 spiro atoms. The standard InChI is InChI=1S/C16H22N4O2S/c1-16(19(2)3)6-7-20(11-16)9-14(21)18-15-17-12(10-23-15)13-5-4-8-22-13/h4-5,8,10H,6-7,9,11H2,1-3H3,(H,17,18,21). The molecule has 3 rings (SSSR count). The highest BCUT2D eigenvalue weighted by Crippen LogP contribution is 2.26. The first-order chi connectivity index (χ1) is 11.0. The van der Waals surface area contributed by atoms with Crippen LogP contribution in [0.25, 0.3) is 11.5 Å². The first-order valence-corrected chi connectivity index (χ1v) is 8.53. The molecule has 0 radical (unpaired) electrons. The molecule has 1 atom stereocenters. The number of likely N-dealkylation sites (tertiary alicyclic amines) is 1. The van der Waals surface area contributed by atoms with E-state index < -0.39 is 0 Å². The molecule has 1 saturated heterocycles. The lowest BCUT2D eigenvalue weighted by Gasteiger charge is -2.32. The minimum Gasteiger partial charge on any atom is -0.463 e. The highest BCUT2D eigenvalue weighted by atomic mass is 32.1. The number of carbonyl (C=O) groups excluding carboxylic acids is 1. The Labute approximate surface area is 140 Å². The maximum Gasteiger partial charge on any atom is 0.240 e. The smallest absolute Gasteiger partial charge is 0.240 e. The Balaban J connectivity index is 1.54. The summed E-state index contributed by atoms with van der Waals surface area (Å²) in [6.07, 6.45) is 2.69. The van der Waals surface area contributed by atoms with Crippen LogP contribution in [0.4, 0.5) is 5.13 Å². The second-order valence-corrected chi connectivity index (χ2v) is 7.27. The Bertz CT molecular complexity index is 667. The molecular weight excluding hydrogens is 312 g/mol. The van der Waals surface area contributed by atoms with Crippen molar-refractivity contribution in [2.45, 2.75) is 18.9 Å². The normalized spacial score (nSPS) is 21.9. The SMILES string of the molecule is CN(C)C1(C)CCN(CC(=O)Nc2nc(-c3ccco3)cs2)C1. The van der Waals surface area contributed by atoms with Crippen LogP contribution in [0.2, 0.25) is 0 Å². The van der Waals surface area contributed by atoms with Gasteiger partial charge in [-0.05, 0) is 39.6 Å². The molecule has 1 unspecified atom stereocenters. The van der Waals surface area contributed by atoms with E-state index in [9.17, 15) is 4.79 Å². The highest BCUT2D eigenvalue weighted by molar-refractivity contribution is 7.14. The molecule has 3 heterocycles. The number of amides is 1. The first kappa shape index (κ1) is 16.2. The number of thiazole rings is 1. The lowest BCUT2D eigenvalue weighted by molar-refractivity contribution is -0.117. The van der Waals surface area contributed by atoms with Gasteiger partial charge >= 0.3 is 0 Å². The molecule has 1 aliphatic heterocycles. The summed E-state index contributed by atoms with van der Waals surface area (Å²) in [5, 5.41) is 5.37. The van der Waals surface area contributed by atoms with Crippen LogP contribution in [0.5, 0.6) is 0 Å². The quantitative estimate of drug-likeness (QED) is 0.909. The number of hydrogen-bond acceptors (Lipinski definition) is 6. The average molecular weight is 334 g/mol.